The van der Waals surface area contributed by atoms with Crippen molar-refractivity contribution >= 4 is 50.9 Å². The van der Waals surface area contributed by atoms with Gasteiger partial charge in [0.15, 0.2) is 0 Å². The molecule has 2 rings (SSSR count). The van der Waals surface area contributed by atoms with Crippen LogP contribution < -0.4 is 0 Å². The maximum atomic E-state index is 6.17. The molecule has 0 aliphatic rings. The van der Waals surface area contributed by atoms with Crippen LogP contribution in [0.2, 0.25) is 10.3 Å². The molecule has 0 amide bonds. The van der Waals surface area contributed by atoms with Crippen LogP contribution in [0.4, 0.5) is 0 Å². The van der Waals surface area contributed by atoms with E-state index < -0.39 is 0 Å². The van der Waals surface area contributed by atoms with Crippen LogP contribution in [0.15, 0.2) is 33.6 Å². The summed E-state index contributed by atoms with van der Waals surface area (Å²) in [5.41, 5.74) is 0.838. The number of aromatic nitrogens is 2. The second-order valence-electron chi connectivity index (χ2n) is 4.17. The average Bonchev–Trinajstić information content (AvgIpc) is 2.42. The third-order valence-corrected chi connectivity index (χ3v) is 5.29. The Morgan fingerprint density at radius 3 is 2.40 bits per heavy atom. The zero-order valence-electron chi connectivity index (χ0n) is 10.9. The molecule has 1 aromatic heterocycles. The van der Waals surface area contributed by atoms with Gasteiger partial charge in [-0.3, -0.25) is 0 Å². The van der Waals surface area contributed by atoms with Crippen LogP contribution in [0.1, 0.15) is 24.7 Å². The van der Waals surface area contributed by atoms with Gasteiger partial charge in [0.2, 0.25) is 0 Å². The average molecular weight is 392 g/mol. The van der Waals surface area contributed by atoms with Crippen molar-refractivity contribution in [2.75, 3.05) is 0 Å². The summed E-state index contributed by atoms with van der Waals surface area (Å²) in [7, 11) is 0. The van der Waals surface area contributed by atoms with Gasteiger partial charge in [0, 0.05) is 14.9 Å². The van der Waals surface area contributed by atoms with Crippen molar-refractivity contribution in [3.63, 3.8) is 0 Å². The minimum Gasteiger partial charge on any atom is -0.220 e. The standard InChI is InChI=1S/C14H13BrCl2N2S/c1-2-5-9-13(16)18-12(19-14(9)17)8-20-11-7-4-3-6-10(11)15/h3-4,6-7H,2,5,8H2,1H3. The van der Waals surface area contributed by atoms with Crippen molar-refractivity contribution in [1.29, 1.82) is 0 Å². The lowest BCUT2D eigenvalue weighted by Gasteiger charge is -2.08. The predicted molar refractivity (Wildman–Crippen MR) is 89.8 cm³/mol. The van der Waals surface area contributed by atoms with Crippen LogP contribution in [0.3, 0.4) is 0 Å². The van der Waals surface area contributed by atoms with E-state index in [-0.39, 0.29) is 0 Å². The van der Waals surface area contributed by atoms with Gasteiger partial charge in [-0.05, 0) is 34.5 Å². The van der Waals surface area contributed by atoms with Gasteiger partial charge in [-0.15, -0.1) is 11.8 Å². The lowest BCUT2D eigenvalue weighted by molar-refractivity contribution is 0.888. The van der Waals surface area contributed by atoms with Gasteiger partial charge in [-0.2, -0.15) is 0 Å². The SMILES string of the molecule is CCCc1c(Cl)nc(CSc2ccccc2Br)nc1Cl. The Labute approximate surface area is 141 Å². The summed E-state index contributed by atoms with van der Waals surface area (Å²) < 4.78 is 1.06. The molecule has 0 aliphatic heterocycles. The Hall–Kier alpha value is -0.290. The van der Waals surface area contributed by atoms with Crippen molar-refractivity contribution in [2.24, 2.45) is 0 Å². The number of thioether (sulfide) groups is 1. The first-order valence-corrected chi connectivity index (χ1v) is 8.73. The topological polar surface area (TPSA) is 25.8 Å². The molecule has 0 saturated heterocycles. The lowest BCUT2D eigenvalue weighted by atomic mass is 10.2. The highest BCUT2D eigenvalue weighted by molar-refractivity contribution is 9.10. The molecule has 0 N–H and O–H groups in total. The van der Waals surface area contributed by atoms with Crippen LogP contribution >= 0.6 is 50.9 Å². The van der Waals surface area contributed by atoms with Crippen LogP contribution in [0, 0.1) is 0 Å². The predicted octanol–water partition coefficient (Wildman–Crippen LogP) is 5.79. The fourth-order valence-electron chi connectivity index (χ4n) is 1.70. The van der Waals surface area contributed by atoms with E-state index in [0.29, 0.717) is 21.9 Å². The molecule has 0 unspecified atom stereocenters. The van der Waals surface area contributed by atoms with Crippen molar-refractivity contribution < 1.29 is 0 Å². The molecule has 0 fully saturated rings. The van der Waals surface area contributed by atoms with E-state index in [1.54, 1.807) is 11.8 Å². The summed E-state index contributed by atoms with van der Waals surface area (Å²) in [6, 6.07) is 8.03. The van der Waals surface area contributed by atoms with Crippen LogP contribution in [0.25, 0.3) is 0 Å². The third-order valence-electron chi connectivity index (χ3n) is 2.65. The molecule has 106 valence electrons. The quantitative estimate of drug-likeness (QED) is 0.476. The Kier molecular flexibility index (Phi) is 6.15. The second kappa shape index (κ2) is 7.64. The summed E-state index contributed by atoms with van der Waals surface area (Å²) >= 11 is 17.5. The Balaban J connectivity index is 2.13. The first-order valence-electron chi connectivity index (χ1n) is 6.20. The highest BCUT2D eigenvalue weighted by atomic mass is 79.9. The molecule has 1 heterocycles. The molecule has 0 bridgehead atoms. The van der Waals surface area contributed by atoms with E-state index in [4.69, 9.17) is 23.2 Å². The highest BCUT2D eigenvalue weighted by Gasteiger charge is 2.11. The summed E-state index contributed by atoms with van der Waals surface area (Å²) in [5, 5.41) is 0.934. The lowest BCUT2D eigenvalue weighted by Crippen LogP contribution is -1.99. The van der Waals surface area contributed by atoms with E-state index in [1.165, 1.54) is 0 Å². The molecule has 0 spiro atoms. The summed E-state index contributed by atoms with van der Waals surface area (Å²) in [5.74, 6) is 1.29. The molecule has 20 heavy (non-hydrogen) atoms. The first kappa shape index (κ1) is 16.1. The molecule has 0 aliphatic carbocycles. The van der Waals surface area contributed by atoms with Crippen molar-refractivity contribution in [3.05, 3.63) is 50.4 Å². The number of benzene rings is 1. The van der Waals surface area contributed by atoms with E-state index in [1.807, 2.05) is 24.3 Å². The molecule has 6 heteroatoms. The minimum absolute atomic E-state index is 0.467. The van der Waals surface area contributed by atoms with Crippen molar-refractivity contribution in [3.8, 4) is 0 Å². The molecule has 2 nitrogen and oxygen atoms in total. The molecular weight excluding hydrogens is 379 g/mol. The molecule has 0 radical (unpaired) electrons. The zero-order valence-corrected chi connectivity index (χ0v) is 14.8. The fraction of sp³-hybridized carbons (Fsp3) is 0.286. The molecule has 1 aromatic carbocycles. The van der Waals surface area contributed by atoms with Gasteiger partial charge < -0.3 is 0 Å². The number of halogens is 3. The molecular formula is C14H13BrCl2N2S. The smallest absolute Gasteiger partial charge is 0.142 e. The number of rotatable bonds is 5. The molecule has 0 saturated carbocycles. The van der Waals surface area contributed by atoms with Crippen molar-refractivity contribution in [1.82, 2.24) is 9.97 Å². The van der Waals surface area contributed by atoms with Gasteiger partial charge in [-0.1, -0.05) is 48.7 Å². The van der Waals surface area contributed by atoms with Crippen LogP contribution in [-0.2, 0) is 12.2 Å². The highest BCUT2D eigenvalue weighted by Crippen LogP contribution is 2.30. The maximum Gasteiger partial charge on any atom is 0.142 e. The fourth-order valence-corrected chi connectivity index (χ4v) is 3.73. The summed E-state index contributed by atoms with van der Waals surface area (Å²) in [6.07, 6.45) is 1.77. The van der Waals surface area contributed by atoms with Crippen molar-refractivity contribution in [2.45, 2.75) is 30.4 Å². The third kappa shape index (κ3) is 4.10. The van der Waals surface area contributed by atoms with Gasteiger partial charge in [0.05, 0.1) is 5.75 Å². The maximum absolute atomic E-state index is 6.17. The number of hydrogen-bond donors (Lipinski definition) is 0. The minimum atomic E-state index is 0.467. The van der Waals surface area contributed by atoms with Gasteiger partial charge in [-0.25, -0.2) is 9.97 Å². The Bertz CT molecular complexity index is 584. The number of hydrogen-bond acceptors (Lipinski definition) is 3. The van der Waals surface area contributed by atoms with Gasteiger partial charge in [0.25, 0.3) is 0 Å². The monoisotopic (exact) mass is 390 g/mol. The van der Waals surface area contributed by atoms with Crippen LogP contribution in [-0.4, -0.2) is 9.97 Å². The van der Waals surface area contributed by atoms with E-state index in [9.17, 15) is 0 Å². The summed E-state index contributed by atoms with van der Waals surface area (Å²) in [6.45, 7) is 2.07. The number of nitrogens with zero attached hydrogens (tertiary/aromatic N) is 2. The molecule has 0 atom stereocenters. The molecule has 2 aromatic rings. The second-order valence-corrected chi connectivity index (χ2v) is 6.76. The normalized spacial score (nSPS) is 10.8. The zero-order chi connectivity index (χ0) is 14.5. The summed E-state index contributed by atoms with van der Waals surface area (Å²) in [4.78, 5) is 9.80. The van der Waals surface area contributed by atoms with Crippen LogP contribution in [0.5, 0.6) is 0 Å². The van der Waals surface area contributed by atoms with E-state index in [0.717, 1.165) is 27.8 Å². The Morgan fingerprint density at radius 1 is 1.15 bits per heavy atom. The Morgan fingerprint density at radius 2 is 1.80 bits per heavy atom. The first-order chi connectivity index (χ1) is 9.61. The van der Waals surface area contributed by atoms with Gasteiger partial charge >= 0.3 is 0 Å². The van der Waals surface area contributed by atoms with Gasteiger partial charge in [0.1, 0.15) is 16.1 Å². The largest absolute Gasteiger partial charge is 0.220 e. The van der Waals surface area contributed by atoms with E-state index in [2.05, 4.69) is 32.8 Å². The van der Waals surface area contributed by atoms with E-state index >= 15 is 0 Å².